The molecule has 2 unspecified atom stereocenters. The molecule has 4 nitrogen and oxygen atoms in total. The number of hydrogen-bond donors (Lipinski definition) is 1. The van der Waals surface area contributed by atoms with Crippen molar-refractivity contribution in [3.63, 3.8) is 0 Å². The first-order chi connectivity index (χ1) is 9.63. The van der Waals surface area contributed by atoms with Crippen LogP contribution in [0.15, 0.2) is 6.20 Å². The zero-order valence-corrected chi connectivity index (χ0v) is 13.0. The van der Waals surface area contributed by atoms with Gasteiger partial charge in [-0.2, -0.15) is 5.10 Å². The lowest BCUT2D eigenvalue weighted by Crippen LogP contribution is -2.41. The lowest BCUT2D eigenvalue weighted by molar-refractivity contribution is -0.0979. The zero-order chi connectivity index (χ0) is 14.2. The van der Waals surface area contributed by atoms with Gasteiger partial charge in [-0.1, -0.05) is 12.8 Å². The average Bonchev–Trinajstić information content (AvgIpc) is 2.99. The molecule has 2 atom stereocenters. The van der Waals surface area contributed by atoms with Gasteiger partial charge >= 0.3 is 0 Å². The van der Waals surface area contributed by atoms with Crippen molar-refractivity contribution < 1.29 is 4.74 Å². The fourth-order valence-corrected chi connectivity index (χ4v) is 4.29. The summed E-state index contributed by atoms with van der Waals surface area (Å²) in [4.78, 5) is 0. The Morgan fingerprint density at radius 1 is 1.45 bits per heavy atom. The molecule has 0 amide bonds. The molecule has 1 spiro atoms. The van der Waals surface area contributed by atoms with Crippen LogP contribution in [-0.4, -0.2) is 29.0 Å². The van der Waals surface area contributed by atoms with Crippen molar-refractivity contribution in [2.45, 2.75) is 57.1 Å². The Labute approximate surface area is 121 Å². The summed E-state index contributed by atoms with van der Waals surface area (Å²) in [7, 11) is 4.08. The third-order valence-corrected chi connectivity index (χ3v) is 5.21. The molecule has 1 aliphatic heterocycles. The van der Waals surface area contributed by atoms with Gasteiger partial charge < -0.3 is 10.1 Å². The van der Waals surface area contributed by atoms with Crippen molar-refractivity contribution in [2.24, 2.45) is 13.0 Å². The highest BCUT2D eigenvalue weighted by atomic mass is 16.5. The second kappa shape index (κ2) is 5.49. The van der Waals surface area contributed by atoms with Gasteiger partial charge in [-0.25, -0.2) is 0 Å². The number of aromatic nitrogens is 2. The van der Waals surface area contributed by atoms with Crippen LogP contribution < -0.4 is 5.32 Å². The van der Waals surface area contributed by atoms with Crippen LogP contribution in [0.4, 0.5) is 0 Å². The summed E-state index contributed by atoms with van der Waals surface area (Å²) in [5, 5.41) is 8.05. The maximum Gasteiger partial charge on any atom is 0.0686 e. The van der Waals surface area contributed by atoms with E-state index in [1.165, 1.54) is 37.7 Å². The Morgan fingerprint density at radius 3 is 2.80 bits per heavy atom. The van der Waals surface area contributed by atoms with E-state index in [-0.39, 0.29) is 5.60 Å². The Morgan fingerprint density at radius 2 is 2.20 bits per heavy atom. The summed E-state index contributed by atoms with van der Waals surface area (Å²) >= 11 is 0. The molecular formula is C16H27N3O. The molecule has 1 N–H and O–H groups in total. The number of ether oxygens (including phenoxy) is 1. The Bertz CT molecular complexity index is 462. The van der Waals surface area contributed by atoms with Gasteiger partial charge in [0.25, 0.3) is 0 Å². The van der Waals surface area contributed by atoms with Crippen molar-refractivity contribution in [3.05, 3.63) is 17.5 Å². The lowest BCUT2D eigenvalue weighted by Gasteiger charge is -2.41. The molecule has 1 saturated heterocycles. The summed E-state index contributed by atoms with van der Waals surface area (Å²) in [6, 6.07) is 0.407. The monoisotopic (exact) mass is 277 g/mol. The SMILES string of the molecule is CNC(c1cn(C)nc1C)C1CCOC2(CCCC2)C1. The smallest absolute Gasteiger partial charge is 0.0686 e. The normalized spacial score (nSPS) is 27.1. The van der Waals surface area contributed by atoms with Crippen molar-refractivity contribution in [3.8, 4) is 0 Å². The molecule has 4 heteroatoms. The maximum atomic E-state index is 6.17. The number of nitrogens with zero attached hydrogens (tertiary/aromatic N) is 2. The Balaban J connectivity index is 1.80. The van der Waals surface area contributed by atoms with E-state index in [1.54, 1.807) is 0 Å². The molecule has 0 radical (unpaired) electrons. The fourth-order valence-electron chi connectivity index (χ4n) is 4.29. The summed E-state index contributed by atoms with van der Waals surface area (Å²) < 4.78 is 8.10. The van der Waals surface area contributed by atoms with Crippen LogP contribution in [0.1, 0.15) is 55.8 Å². The Kier molecular flexibility index (Phi) is 3.87. The van der Waals surface area contributed by atoms with Crippen molar-refractivity contribution in [1.29, 1.82) is 0 Å². The molecule has 2 fully saturated rings. The first-order valence-corrected chi connectivity index (χ1v) is 7.95. The average molecular weight is 277 g/mol. The summed E-state index contributed by atoms with van der Waals surface area (Å²) in [5.41, 5.74) is 2.70. The van der Waals surface area contributed by atoms with Gasteiger partial charge in [0.1, 0.15) is 0 Å². The molecule has 0 bridgehead atoms. The van der Waals surface area contributed by atoms with Crippen molar-refractivity contribution >= 4 is 0 Å². The van der Waals surface area contributed by atoms with E-state index >= 15 is 0 Å². The Hall–Kier alpha value is -0.870. The first kappa shape index (κ1) is 14.1. The molecule has 1 aliphatic carbocycles. The second-order valence-electron chi connectivity index (χ2n) is 6.60. The van der Waals surface area contributed by atoms with E-state index < -0.39 is 0 Å². The molecular weight excluding hydrogens is 250 g/mol. The minimum absolute atomic E-state index is 0.189. The second-order valence-corrected chi connectivity index (χ2v) is 6.60. The fraction of sp³-hybridized carbons (Fsp3) is 0.812. The highest BCUT2D eigenvalue weighted by molar-refractivity contribution is 5.21. The standard InChI is InChI=1S/C16H27N3O/c1-12-14(11-19(3)18-12)15(17-2)13-6-9-20-16(10-13)7-4-5-8-16/h11,13,15,17H,4-10H2,1-3H3. The largest absolute Gasteiger partial charge is 0.375 e. The molecule has 1 aromatic rings. The topological polar surface area (TPSA) is 39.1 Å². The summed E-state index contributed by atoms with van der Waals surface area (Å²) in [6.45, 7) is 3.03. The highest BCUT2D eigenvalue weighted by Gasteiger charge is 2.42. The summed E-state index contributed by atoms with van der Waals surface area (Å²) in [6.07, 6.45) is 9.71. The van der Waals surface area contributed by atoms with Gasteiger partial charge in [-0.3, -0.25) is 4.68 Å². The molecule has 0 aromatic carbocycles. The predicted molar refractivity (Wildman–Crippen MR) is 79.6 cm³/mol. The molecule has 20 heavy (non-hydrogen) atoms. The van der Waals surface area contributed by atoms with Gasteiger partial charge in [-0.15, -0.1) is 0 Å². The molecule has 3 rings (SSSR count). The molecule has 2 aliphatic rings. The van der Waals surface area contributed by atoms with E-state index in [4.69, 9.17) is 4.74 Å². The van der Waals surface area contributed by atoms with Crippen LogP contribution in [0.2, 0.25) is 0 Å². The highest BCUT2D eigenvalue weighted by Crippen LogP contribution is 2.45. The quantitative estimate of drug-likeness (QED) is 0.923. The summed E-state index contributed by atoms with van der Waals surface area (Å²) in [5.74, 6) is 0.662. The van der Waals surface area contributed by atoms with Gasteiger partial charge in [0.2, 0.25) is 0 Å². The predicted octanol–water partition coefficient (Wildman–Crippen LogP) is 2.73. The van der Waals surface area contributed by atoms with Gasteiger partial charge in [-0.05, 0) is 45.6 Å². The number of hydrogen-bond acceptors (Lipinski definition) is 3. The minimum atomic E-state index is 0.189. The van der Waals surface area contributed by atoms with E-state index in [2.05, 4.69) is 30.6 Å². The number of nitrogens with one attached hydrogen (secondary N) is 1. The third-order valence-electron chi connectivity index (χ3n) is 5.21. The third kappa shape index (κ3) is 2.51. The number of rotatable bonds is 3. The lowest BCUT2D eigenvalue weighted by atomic mass is 9.78. The minimum Gasteiger partial charge on any atom is -0.375 e. The maximum absolute atomic E-state index is 6.17. The molecule has 112 valence electrons. The molecule has 1 saturated carbocycles. The van der Waals surface area contributed by atoms with Gasteiger partial charge in [0, 0.05) is 31.5 Å². The van der Waals surface area contributed by atoms with Crippen molar-refractivity contribution in [2.75, 3.05) is 13.7 Å². The van der Waals surface area contributed by atoms with E-state index in [9.17, 15) is 0 Å². The van der Waals surface area contributed by atoms with Crippen LogP contribution in [0.5, 0.6) is 0 Å². The van der Waals surface area contributed by atoms with Crippen molar-refractivity contribution in [1.82, 2.24) is 15.1 Å². The van der Waals surface area contributed by atoms with Crippen LogP contribution in [0, 0.1) is 12.8 Å². The van der Waals surface area contributed by atoms with Crippen LogP contribution in [0.25, 0.3) is 0 Å². The van der Waals surface area contributed by atoms with Crippen LogP contribution in [-0.2, 0) is 11.8 Å². The first-order valence-electron chi connectivity index (χ1n) is 7.95. The van der Waals surface area contributed by atoms with Gasteiger partial charge in [0.05, 0.1) is 11.3 Å². The van der Waals surface area contributed by atoms with Gasteiger partial charge in [0.15, 0.2) is 0 Å². The van der Waals surface area contributed by atoms with Crippen LogP contribution in [0.3, 0.4) is 0 Å². The van der Waals surface area contributed by atoms with E-state index in [1.807, 2.05) is 11.7 Å². The molecule has 2 heterocycles. The molecule has 1 aromatic heterocycles. The van der Waals surface area contributed by atoms with E-state index in [0.717, 1.165) is 18.7 Å². The van der Waals surface area contributed by atoms with Crippen LogP contribution >= 0.6 is 0 Å². The van der Waals surface area contributed by atoms with E-state index in [0.29, 0.717) is 12.0 Å². The zero-order valence-electron chi connectivity index (χ0n) is 13.0. The number of aryl methyl sites for hydroxylation is 2.